The molecule has 0 aliphatic heterocycles. The third-order valence-corrected chi connectivity index (χ3v) is 3.09. The van der Waals surface area contributed by atoms with Gasteiger partial charge < -0.3 is 5.73 Å². The Kier molecular flexibility index (Phi) is 1.26. The van der Waals surface area contributed by atoms with Crippen LogP contribution in [-0.4, -0.2) is 6.04 Å². The fourth-order valence-electron chi connectivity index (χ4n) is 2.42. The highest BCUT2D eigenvalue weighted by Gasteiger charge is 2.39. The van der Waals surface area contributed by atoms with Crippen molar-refractivity contribution in [2.24, 2.45) is 17.6 Å². The molecule has 2 N–H and O–H groups in total. The van der Waals surface area contributed by atoms with E-state index in [-0.39, 0.29) is 0 Å². The van der Waals surface area contributed by atoms with Crippen LogP contribution in [0.4, 0.5) is 0 Å². The van der Waals surface area contributed by atoms with Crippen molar-refractivity contribution in [3.8, 4) is 0 Å². The Labute approximate surface area is 56.6 Å². The Morgan fingerprint density at radius 3 is 2.44 bits per heavy atom. The maximum atomic E-state index is 5.83. The van der Waals surface area contributed by atoms with Gasteiger partial charge in [0.2, 0.25) is 0 Å². The first-order valence-corrected chi connectivity index (χ1v) is 4.13. The van der Waals surface area contributed by atoms with Crippen molar-refractivity contribution >= 4 is 0 Å². The molecule has 0 spiro atoms. The SMILES string of the molecule is N[C@@H]1C[C@@H]2CCCC[C@@H]21. The fourth-order valence-corrected chi connectivity index (χ4v) is 2.42. The summed E-state index contributed by atoms with van der Waals surface area (Å²) in [5.74, 6) is 1.97. The van der Waals surface area contributed by atoms with Crippen LogP contribution < -0.4 is 5.73 Å². The second-order valence-corrected chi connectivity index (χ2v) is 3.61. The smallest absolute Gasteiger partial charge is 0.00725 e. The van der Waals surface area contributed by atoms with E-state index < -0.39 is 0 Å². The molecule has 9 heavy (non-hydrogen) atoms. The molecule has 0 heterocycles. The van der Waals surface area contributed by atoms with Crippen LogP contribution in [0, 0.1) is 11.8 Å². The lowest BCUT2D eigenvalue weighted by Crippen LogP contribution is -2.48. The van der Waals surface area contributed by atoms with Crippen molar-refractivity contribution < 1.29 is 0 Å². The summed E-state index contributed by atoms with van der Waals surface area (Å²) in [6.07, 6.45) is 7.12. The Morgan fingerprint density at radius 2 is 1.89 bits per heavy atom. The van der Waals surface area contributed by atoms with E-state index in [0.29, 0.717) is 6.04 Å². The molecule has 2 aliphatic rings. The summed E-state index contributed by atoms with van der Waals surface area (Å²) in [6, 6.07) is 0.579. The molecule has 0 radical (unpaired) electrons. The number of nitrogens with two attached hydrogens (primary N) is 1. The highest BCUT2D eigenvalue weighted by atomic mass is 14.7. The van der Waals surface area contributed by atoms with Gasteiger partial charge in [-0.15, -0.1) is 0 Å². The van der Waals surface area contributed by atoms with Crippen LogP contribution in [0.15, 0.2) is 0 Å². The van der Waals surface area contributed by atoms with Crippen LogP contribution >= 0.6 is 0 Å². The lowest BCUT2D eigenvalue weighted by Gasteiger charge is -2.46. The molecule has 0 bridgehead atoms. The zero-order valence-electron chi connectivity index (χ0n) is 5.84. The largest absolute Gasteiger partial charge is 0.327 e. The molecule has 2 saturated carbocycles. The van der Waals surface area contributed by atoms with E-state index in [0.717, 1.165) is 11.8 Å². The average molecular weight is 125 g/mol. The lowest BCUT2D eigenvalue weighted by atomic mass is 9.62. The van der Waals surface area contributed by atoms with Gasteiger partial charge >= 0.3 is 0 Å². The standard InChI is InChI=1S/C8H15N/c9-8-5-6-3-1-2-4-7(6)8/h6-8H,1-5,9H2/t6-,7-,8+/m0/s1. The third-order valence-electron chi connectivity index (χ3n) is 3.09. The van der Waals surface area contributed by atoms with Gasteiger partial charge in [0, 0.05) is 6.04 Å². The van der Waals surface area contributed by atoms with Gasteiger partial charge in [-0.3, -0.25) is 0 Å². The van der Waals surface area contributed by atoms with Gasteiger partial charge in [-0.05, 0) is 24.7 Å². The van der Waals surface area contributed by atoms with Crippen molar-refractivity contribution in [1.29, 1.82) is 0 Å². The monoisotopic (exact) mass is 125 g/mol. The highest BCUT2D eigenvalue weighted by Crippen LogP contribution is 2.43. The van der Waals surface area contributed by atoms with Gasteiger partial charge in [0.05, 0.1) is 0 Å². The highest BCUT2D eigenvalue weighted by molar-refractivity contribution is 4.93. The normalized spacial score (nSPS) is 49.7. The molecule has 0 aromatic carbocycles. The number of fused-ring (bicyclic) bond motifs is 1. The lowest BCUT2D eigenvalue weighted by molar-refractivity contribution is 0.0835. The topological polar surface area (TPSA) is 26.0 Å². The average Bonchev–Trinajstić information content (AvgIpc) is 1.86. The van der Waals surface area contributed by atoms with E-state index >= 15 is 0 Å². The maximum absolute atomic E-state index is 5.83. The first kappa shape index (κ1) is 5.72. The van der Waals surface area contributed by atoms with E-state index in [1.807, 2.05) is 0 Å². The number of hydrogen-bond acceptors (Lipinski definition) is 1. The minimum absolute atomic E-state index is 0.579. The quantitative estimate of drug-likeness (QED) is 0.522. The van der Waals surface area contributed by atoms with Gasteiger partial charge in [-0.2, -0.15) is 0 Å². The van der Waals surface area contributed by atoms with Gasteiger partial charge in [0.1, 0.15) is 0 Å². The molecule has 2 aliphatic carbocycles. The van der Waals surface area contributed by atoms with Crippen molar-refractivity contribution in [3.63, 3.8) is 0 Å². The van der Waals surface area contributed by atoms with Gasteiger partial charge in [-0.25, -0.2) is 0 Å². The molecule has 0 amide bonds. The molecule has 2 rings (SSSR count). The zero-order chi connectivity index (χ0) is 6.27. The zero-order valence-corrected chi connectivity index (χ0v) is 5.84. The van der Waals surface area contributed by atoms with E-state index in [9.17, 15) is 0 Å². The Balaban J connectivity index is 1.94. The second-order valence-electron chi connectivity index (χ2n) is 3.61. The van der Waals surface area contributed by atoms with E-state index in [2.05, 4.69) is 0 Å². The Bertz CT molecular complexity index is 109. The Hall–Kier alpha value is -0.0400. The predicted octanol–water partition coefficient (Wildman–Crippen LogP) is 1.52. The number of hydrogen-bond donors (Lipinski definition) is 1. The minimum Gasteiger partial charge on any atom is -0.327 e. The first-order valence-electron chi connectivity index (χ1n) is 4.13. The summed E-state index contributed by atoms with van der Waals surface area (Å²) in [4.78, 5) is 0. The molecule has 0 unspecified atom stereocenters. The number of rotatable bonds is 0. The van der Waals surface area contributed by atoms with Crippen LogP contribution in [0.25, 0.3) is 0 Å². The minimum atomic E-state index is 0.579. The molecule has 1 heteroatoms. The molecule has 2 fully saturated rings. The van der Waals surface area contributed by atoms with Gasteiger partial charge in [-0.1, -0.05) is 19.3 Å². The molecular weight excluding hydrogens is 110 g/mol. The Morgan fingerprint density at radius 1 is 1.11 bits per heavy atom. The molecule has 0 aromatic rings. The molecule has 3 atom stereocenters. The fraction of sp³-hybridized carbons (Fsp3) is 1.00. The maximum Gasteiger partial charge on any atom is 0.00725 e. The van der Waals surface area contributed by atoms with Gasteiger partial charge in [0.15, 0.2) is 0 Å². The molecule has 1 nitrogen and oxygen atoms in total. The summed E-state index contributed by atoms with van der Waals surface area (Å²) in [7, 11) is 0. The molecule has 0 saturated heterocycles. The van der Waals surface area contributed by atoms with E-state index in [4.69, 9.17) is 5.73 Å². The first-order chi connectivity index (χ1) is 4.38. The summed E-state index contributed by atoms with van der Waals surface area (Å²) >= 11 is 0. The van der Waals surface area contributed by atoms with E-state index in [1.165, 1.54) is 32.1 Å². The third kappa shape index (κ3) is 0.787. The summed E-state index contributed by atoms with van der Waals surface area (Å²) in [6.45, 7) is 0. The summed E-state index contributed by atoms with van der Waals surface area (Å²) in [5.41, 5.74) is 5.83. The van der Waals surface area contributed by atoms with Crippen LogP contribution in [0.5, 0.6) is 0 Å². The summed E-state index contributed by atoms with van der Waals surface area (Å²) < 4.78 is 0. The molecule has 0 aromatic heterocycles. The summed E-state index contributed by atoms with van der Waals surface area (Å²) in [5, 5.41) is 0. The van der Waals surface area contributed by atoms with Crippen LogP contribution in [-0.2, 0) is 0 Å². The van der Waals surface area contributed by atoms with Gasteiger partial charge in [0.25, 0.3) is 0 Å². The second kappa shape index (κ2) is 1.98. The predicted molar refractivity (Wildman–Crippen MR) is 38.0 cm³/mol. The van der Waals surface area contributed by atoms with Crippen LogP contribution in [0.3, 0.4) is 0 Å². The molecule has 52 valence electrons. The molecular formula is C8H15N. The van der Waals surface area contributed by atoms with Crippen molar-refractivity contribution in [1.82, 2.24) is 0 Å². The van der Waals surface area contributed by atoms with Crippen LogP contribution in [0.2, 0.25) is 0 Å². The van der Waals surface area contributed by atoms with Crippen molar-refractivity contribution in [2.45, 2.75) is 38.1 Å². The van der Waals surface area contributed by atoms with Crippen molar-refractivity contribution in [2.75, 3.05) is 0 Å². The van der Waals surface area contributed by atoms with Crippen molar-refractivity contribution in [3.05, 3.63) is 0 Å². The van der Waals surface area contributed by atoms with Crippen LogP contribution in [0.1, 0.15) is 32.1 Å². The van der Waals surface area contributed by atoms with E-state index in [1.54, 1.807) is 0 Å².